The summed E-state index contributed by atoms with van der Waals surface area (Å²) in [5, 5.41) is 33.0. The van der Waals surface area contributed by atoms with Crippen molar-refractivity contribution >= 4 is 17.7 Å². The van der Waals surface area contributed by atoms with Crippen LogP contribution in [0.4, 0.5) is 11.4 Å². The smallest absolute Gasteiger partial charge is 0.282 e. The highest BCUT2D eigenvalue weighted by Crippen LogP contribution is 2.39. The molecular formula is C9H7N2O6-. The zero-order valence-corrected chi connectivity index (χ0v) is 8.92. The molecule has 0 aliphatic carbocycles. The van der Waals surface area contributed by atoms with E-state index in [1.165, 1.54) is 6.92 Å². The summed E-state index contributed by atoms with van der Waals surface area (Å²) in [6.45, 7) is 2.32. The quantitative estimate of drug-likeness (QED) is 0.440. The van der Waals surface area contributed by atoms with Gasteiger partial charge in [-0.3, -0.25) is 25.0 Å². The Balaban J connectivity index is 3.88. The van der Waals surface area contributed by atoms with Crippen molar-refractivity contribution in [3.05, 3.63) is 36.9 Å². The highest BCUT2D eigenvalue weighted by molar-refractivity contribution is 5.87. The van der Waals surface area contributed by atoms with Crippen LogP contribution in [-0.2, 0) is 0 Å². The summed E-state index contributed by atoms with van der Waals surface area (Å²) in [6.07, 6.45) is 0.0944. The molecule has 90 valence electrons. The largest absolute Gasteiger partial charge is 0.867 e. The van der Waals surface area contributed by atoms with Crippen LogP contribution in [-0.4, -0.2) is 16.1 Å². The SMILES string of the molecule is Cc1c(C=O)c([O-])c([N+](=O)[O-])c(C)c1[N+](=O)[O-]. The van der Waals surface area contributed by atoms with Crippen molar-refractivity contribution in [1.82, 2.24) is 0 Å². The lowest BCUT2D eigenvalue weighted by atomic mass is 10.00. The molecule has 0 unspecified atom stereocenters. The minimum Gasteiger partial charge on any atom is -0.867 e. The summed E-state index contributed by atoms with van der Waals surface area (Å²) in [5.41, 5.74) is -2.54. The van der Waals surface area contributed by atoms with Crippen LogP contribution in [0.15, 0.2) is 0 Å². The lowest BCUT2D eigenvalue weighted by Gasteiger charge is -2.14. The Labute approximate surface area is 94.8 Å². The number of nitro benzene ring substituents is 2. The molecule has 0 bridgehead atoms. The van der Waals surface area contributed by atoms with Gasteiger partial charge in [0.2, 0.25) is 0 Å². The molecule has 0 atom stereocenters. The van der Waals surface area contributed by atoms with Gasteiger partial charge in [-0.1, -0.05) is 0 Å². The first-order valence-corrected chi connectivity index (χ1v) is 4.41. The van der Waals surface area contributed by atoms with Crippen LogP contribution < -0.4 is 5.11 Å². The molecule has 8 heteroatoms. The number of aldehydes is 1. The highest BCUT2D eigenvalue weighted by Gasteiger charge is 2.28. The van der Waals surface area contributed by atoms with Gasteiger partial charge in [-0.25, -0.2) is 0 Å². The Hall–Kier alpha value is -2.51. The summed E-state index contributed by atoms with van der Waals surface area (Å²) in [5.74, 6) is -1.09. The Morgan fingerprint density at radius 2 is 1.47 bits per heavy atom. The lowest BCUT2D eigenvalue weighted by molar-refractivity contribution is -0.404. The van der Waals surface area contributed by atoms with Crippen LogP contribution in [0.2, 0.25) is 0 Å². The topological polar surface area (TPSA) is 126 Å². The van der Waals surface area contributed by atoms with E-state index < -0.39 is 32.5 Å². The lowest BCUT2D eigenvalue weighted by Crippen LogP contribution is -2.09. The Morgan fingerprint density at radius 1 is 1.00 bits per heavy atom. The Bertz CT molecular complexity index is 496. The van der Waals surface area contributed by atoms with Gasteiger partial charge >= 0.3 is 0 Å². The maximum absolute atomic E-state index is 11.6. The first kappa shape index (κ1) is 12.6. The van der Waals surface area contributed by atoms with Crippen LogP contribution in [0, 0.1) is 34.1 Å². The zero-order valence-electron chi connectivity index (χ0n) is 8.92. The van der Waals surface area contributed by atoms with Crippen LogP contribution >= 0.6 is 0 Å². The van der Waals surface area contributed by atoms with Crippen molar-refractivity contribution in [3.8, 4) is 5.75 Å². The average molecular weight is 239 g/mol. The van der Waals surface area contributed by atoms with Crippen molar-refractivity contribution in [3.63, 3.8) is 0 Å². The molecule has 0 aromatic heterocycles. The van der Waals surface area contributed by atoms with E-state index >= 15 is 0 Å². The molecule has 1 rings (SSSR count). The number of hydrogen-bond acceptors (Lipinski definition) is 6. The molecule has 0 spiro atoms. The number of nitro groups is 2. The number of benzene rings is 1. The van der Waals surface area contributed by atoms with Gasteiger partial charge in [0.15, 0.2) is 0 Å². The van der Waals surface area contributed by atoms with E-state index in [0.29, 0.717) is 0 Å². The number of carbonyl (C=O) groups excluding carboxylic acids is 1. The predicted molar refractivity (Wildman–Crippen MR) is 54.1 cm³/mol. The van der Waals surface area contributed by atoms with Crippen molar-refractivity contribution in [1.29, 1.82) is 0 Å². The Kier molecular flexibility index (Phi) is 3.07. The molecule has 0 radical (unpaired) electrons. The molecule has 1 aromatic rings. The van der Waals surface area contributed by atoms with Crippen molar-refractivity contribution in [2.75, 3.05) is 0 Å². The molecular weight excluding hydrogens is 232 g/mol. The first-order valence-electron chi connectivity index (χ1n) is 4.41. The van der Waals surface area contributed by atoms with E-state index in [1.807, 2.05) is 0 Å². The summed E-state index contributed by atoms with van der Waals surface area (Å²) in [6, 6.07) is 0. The third-order valence-electron chi connectivity index (χ3n) is 2.41. The second kappa shape index (κ2) is 4.16. The number of nitrogens with zero attached hydrogens (tertiary/aromatic N) is 2. The average Bonchev–Trinajstić information content (AvgIpc) is 2.16. The molecule has 0 heterocycles. The van der Waals surface area contributed by atoms with E-state index in [4.69, 9.17) is 0 Å². The maximum atomic E-state index is 11.6. The van der Waals surface area contributed by atoms with Gasteiger partial charge in [0.1, 0.15) is 11.8 Å². The van der Waals surface area contributed by atoms with Gasteiger partial charge in [-0.2, -0.15) is 0 Å². The molecule has 0 fully saturated rings. The predicted octanol–water partition coefficient (Wildman–Crippen LogP) is 1.01. The highest BCUT2D eigenvalue weighted by atomic mass is 16.6. The van der Waals surface area contributed by atoms with Crippen molar-refractivity contribution in [2.45, 2.75) is 13.8 Å². The van der Waals surface area contributed by atoms with Crippen molar-refractivity contribution < 1.29 is 19.7 Å². The van der Waals surface area contributed by atoms with E-state index in [-0.39, 0.29) is 17.4 Å². The molecule has 0 saturated heterocycles. The number of rotatable bonds is 3. The van der Waals surface area contributed by atoms with Gasteiger partial charge in [-0.05, 0) is 19.6 Å². The fourth-order valence-corrected chi connectivity index (χ4v) is 1.62. The van der Waals surface area contributed by atoms with E-state index in [0.717, 1.165) is 6.92 Å². The summed E-state index contributed by atoms with van der Waals surface area (Å²) in [4.78, 5) is 30.2. The van der Waals surface area contributed by atoms with Gasteiger partial charge in [-0.15, -0.1) is 0 Å². The molecule has 0 saturated carbocycles. The van der Waals surface area contributed by atoms with Gasteiger partial charge in [0.05, 0.1) is 9.85 Å². The standard InChI is InChI=1S/C9H8N2O6/c1-4-6(3-12)9(13)8(11(16)17)5(2)7(4)10(14)15/h3,13H,1-2H3/p-1. The second-order valence-electron chi connectivity index (χ2n) is 3.32. The summed E-state index contributed by atoms with van der Waals surface area (Å²) >= 11 is 0. The van der Waals surface area contributed by atoms with Gasteiger partial charge in [0, 0.05) is 11.1 Å². The minimum atomic E-state index is -1.09. The molecule has 0 N–H and O–H groups in total. The molecule has 8 nitrogen and oxygen atoms in total. The van der Waals surface area contributed by atoms with E-state index in [2.05, 4.69) is 0 Å². The number of hydrogen-bond donors (Lipinski definition) is 0. The third-order valence-corrected chi connectivity index (χ3v) is 2.41. The first-order chi connectivity index (χ1) is 7.82. The van der Waals surface area contributed by atoms with Crippen molar-refractivity contribution in [2.24, 2.45) is 0 Å². The van der Waals surface area contributed by atoms with Crippen LogP contribution in [0.25, 0.3) is 0 Å². The van der Waals surface area contributed by atoms with E-state index in [9.17, 15) is 30.1 Å². The zero-order chi connectivity index (χ0) is 13.3. The fourth-order valence-electron chi connectivity index (χ4n) is 1.62. The summed E-state index contributed by atoms with van der Waals surface area (Å²) in [7, 11) is 0. The minimum absolute atomic E-state index is 0.0944. The monoisotopic (exact) mass is 239 g/mol. The molecule has 17 heavy (non-hydrogen) atoms. The normalized spacial score (nSPS) is 10.0. The van der Waals surface area contributed by atoms with Crippen LogP contribution in [0.5, 0.6) is 5.75 Å². The Morgan fingerprint density at radius 3 is 1.82 bits per heavy atom. The third kappa shape index (κ3) is 1.80. The molecule has 0 aliphatic rings. The molecule has 0 amide bonds. The molecule has 0 aliphatic heterocycles. The van der Waals surface area contributed by atoms with E-state index in [1.54, 1.807) is 0 Å². The van der Waals surface area contributed by atoms with Crippen LogP contribution in [0.3, 0.4) is 0 Å². The van der Waals surface area contributed by atoms with Crippen LogP contribution in [0.1, 0.15) is 21.5 Å². The van der Waals surface area contributed by atoms with Gasteiger partial charge < -0.3 is 5.11 Å². The fraction of sp³-hybridized carbons (Fsp3) is 0.222. The van der Waals surface area contributed by atoms with Gasteiger partial charge in [0.25, 0.3) is 11.4 Å². The molecule has 1 aromatic carbocycles. The second-order valence-corrected chi connectivity index (χ2v) is 3.32. The maximum Gasteiger partial charge on any atom is 0.282 e. The summed E-state index contributed by atoms with van der Waals surface area (Å²) < 4.78 is 0. The number of carbonyl (C=O) groups is 1.